The third-order valence-corrected chi connectivity index (χ3v) is 3.97. The van der Waals surface area contributed by atoms with Gasteiger partial charge in [-0.1, -0.05) is 22.4 Å². The minimum Gasteiger partial charge on any atom is -0.395 e. The average molecular weight is 266 g/mol. The first-order valence-corrected chi connectivity index (χ1v) is 5.82. The number of rotatable bonds is 2. The van der Waals surface area contributed by atoms with Crippen LogP contribution < -0.4 is 0 Å². The third kappa shape index (κ3) is 1.68. The number of benzene rings is 1. The molecule has 0 unspecified atom stereocenters. The largest absolute Gasteiger partial charge is 0.395 e. The molecule has 0 saturated heterocycles. The maximum atomic E-state index is 9.47. The van der Waals surface area contributed by atoms with Crippen molar-refractivity contribution in [1.29, 1.82) is 5.26 Å². The number of halogens is 1. The number of aliphatic hydroxyl groups is 1. The lowest BCUT2D eigenvalue weighted by Gasteiger charge is -2.41. The highest BCUT2D eigenvalue weighted by Gasteiger charge is 2.39. The van der Waals surface area contributed by atoms with Crippen LogP contribution in [-0.2, 0) is 5.41 Å². The molecule has 0 bridgehead atoms. The van der Waals surface area contributed by atoms with Crippen molar-refractivity contribution < 1.29 is 5.11 Å². The normalized spacial score (nSPS) is 17.9. The van der Waals surface area contributed by atoms with E-state index in [4.69, 9.17) is 5.26 Å². The zero-order chi connectivity index (χ0) is 10.9. The molecular formula is C12H12BrNO. The molecule has 0 aliphatic heterocycles. The summed E-state index contributed by atoms with van der Waals surface area (Å²) in [5, 5.41) is 18.3. The Balaban J connectivity index is 2.47. The van der Waals surface area contributed by atoms with Gasteiger partial charge in [-0.05, 0) is 36.6 Å². The van der Waals surface area contributed by atoms with E-state index in [9.17, 15) is 5.11 Å². The van der Waals surface area contributed by atoms with Crippen LogP contribution in [0.5, 0.6) is 0 Å². The van der Waals surface area contributed by atoms with Crippen LogP contribution in [0, 0.1) is 11.3 Å². The zero-order valence-electron chi connectivity index (χ0n) is 8.33. The monoisotopic (exact) mass is 265 g/mol. The van der Waals surface area contributed by atoms with Gasteiger partial charge in [0, 0.05) is 9.89 Å². The van der Waals surface area contributed by atoms with Gasteiger partial charge in [-0.25, -0.2) is 0 Å². The summed E-state index contributed by atoms with van der Waals surface area (Å²) in [6.45, 7) is 0.167. The van der Waals surface area contributed by atoms with E-state index < -0.39 is 0 Å². The molecule has 1 N–H and O–H groups in total. The first-order chi connectivity index (χ1) is 7.22. The lowest BCUT2D eigenvalue weighted by atomic mass is 9.65. The smallest absolute Gasteiger partial charge is 0.0991 e. The van der Waals surface area contributed by atoms with Gasteiger partial charge in [-0.2, -0.15) is 5.26 Å². The van der Waals surface area contributed by atoms with E-state index in [1.807, 2.05) is 12.1 Å². The Kier molecular flexibility index (Phi) is 2.81. The Morgan fingerprint density at radius 3 is 2.67 bits per heavy atom. The third-order valence-electron chi connectivity index (χ3n) is 3.28. The van der Waals surface area contributed by atoms with Gasteiger partial charge < -0.3 is 5.11 Å². The van der Waals surface area contributed by atoms with Gasteiger partial charge in [-0.3, -0.25) is 0 Å². The number of nitrogens with zero attached hydrogens (tertiary/aromatic N) is 1. The lowest BCUT2D eigenvalue weighted by Crippen LogP contribution is -2.38. The minimum absolute atomic E-state index is 0.105. The van der Waals surface area contributed by atoms with Crippen LogP contribution in [0.2, 0.25) is 0 Å². The molecule has 0 heterocycles. The molecule has 2 rings (SSSR count). The summed E-state index contributed by atoms with van der Waals surface area (Å²) < 4.78 is 0.996. The number of hydrogen-bond acceptors (Lipinski definition) is 2. The summed E-state index contributed by atoms with van der Waals surface area (Å²) >= 11 is 3.49. The van der Waals surface area contributed by atoms with Crippen molar-refractivity contribution >= 4 is 15.9 Å². The maximum Gasteiger partial charge on any atom is 0.0991 e. The van der Waals surface area contributed by atoms with Gasteiger partial charge in [0.2, 0.25) is 0 Å². The molecule has 2 nitrogen and oxygen atoms in total. The van der Waals surface area contributed by atoms with E-state index in [0.717, 1.165) is 29.3 Å². The van der Waals surface area contributed by atoms with Crippen molar-refractivity contribution in [3.8, 4) is 6.07 Å². The Hall–Kier alpha value is -0.850. The average Bonchev–Trinajstić information content (AvgIpc) is 2.20. The Labute approximate surface area is 97.7 Å². The van der Waals surface area contributed by atoms with Crippen LogP contribution in [0.1, 0.15) is 30.4 Å². The minimum atomic E-state index is -0.105. The highest BCUT2D eigenvalue weighted by molar-refractivity contribution is 9.10. The van der Waals surface area contributed by atoms with Gasteiger partial charge in [-0.15, -0.1) is 0 Å². The second-order valence-corrected chi connectivity index (χ2v) is 4.95. The zero-order valence-corrected chi connectivity index (χ0v) is 9.92. The first kappa shape index (κ1) is 10.7. The molecular weight excluding hydrogens is 254 g/mol. The molecule has 15 heavy (non-hydrogen) atoms. The quantitative estimate of drug-likeness (QED) is 0.894. The standard InChI is InChI=1S/C12H12BrNO/c13-11-3-2-9(7-14)6-10(11)12(8-15)4-1-5-12/h2-3,6,15H,1,4-5,8H2. The molecule has 0 aromatic heterocycles. The topological polar surface area (TPSA) is 44.0 Å². The molecule has 1 aromatic rings. The van der Waals surface area contributed by atoms with Crippen LogP contribution in [0.4, 0.5) is 0 Å². The fourth-order valence-corrected chi connectivity index (χ4v) is 2.78. The van der Waals surface area contributed by atoms with E-state index in [0.29, 0.717) is 5.56 Å². The van der Waals surface area contributed by atoms with Crippen molar-refractivity contribution in [2.75, 3.05) is 6.61 Å². The second kappa shape index (κ2) is 3.96. The summed E-state index contributed by atoms with van der Waals surface area (Å²) in [5.41, 5.74) is 1.63. The Bertz CT molecular complexity index is 413. The van der Waals surface area contributed by atoms with Crippen LogP contribution in [0.25, 0.3) is 0 Å². The predicted molar refractivity (Wildman–Crippen MR) is 61.5 cm³/mol. The molecule has 1 saturated carbocycles. The molecule has 1 aliphatic carbocycles. The molecule has 3 heteroatoms. The summed E-state index contributed by atoms with van der Waals surface area (Å²) in [6, 6.07) is 7.71. The van der Waals surface area contributed by atoms with E-state index in [2.05, 4.69) is 22.0 Å². The second-order valence-electron chi connectivity index (χ2n) is 4.10. The predicted octanol–water partition coefficient (Wildman–Crippen LogP) is 2.73. The SMILES string of the molecule is N#Cc1ccc(Br)c(C2(CO)CCC2)c1. The lowest BCUT2D eigenvalue weighted by molar-refractivity contribution is 0.119. The van der Waals surface area contributed by atoms with Crippen LogP contribution in [0.15, 0.2) is 22.7 Å². The van der Waals surface area contributed by atoms with Crippen molar-refractivity contribution in [2.45, 2.75) is 24.7 Å². The van der Waals surface area contributed by atoms with Crippen molar-refractivity contribution in [3.63, 3.8) is 0 Å². The van der Waals surface area contributed by atoms with E-state index >= 15 is 0 Å². The van der Waals surface area contributed by atoms with Gasteiger partial charge in [0.25, 0.3) is 0 Å². The van der Waals surface area contributed by atoms with Gasteiger partial charge in [0.1, 0.15) is 0 Å². The van der Waals surface area contributed by atoms with Crippen molar-refractivity contribution in [1.82, 2.24) is 0 Å². The summed E-state index contributed by atoms with van der Waals surface area (Å²) in [4.78, 5) is 0. The molecule has 1 aliphatic rings. The molecule has 0 atom stereocenters. The van der Waals surface area contributed by atoms with Crippen molar-refractivity contribution in [2.24, 2.45) is 0 Å². The molecule has 0 amide bonds. The van der Waals surface area contributed by atoms with E-state index in [1.165, 1.54) is 0 Å². The van der Waals surface area contributed by atoms with Crippen LogP contribution in [-0.4, -0.2) is 11.7 Å². The highest BCUT2D eigenvalue weighted by atomic mass is 79.9. The molecule has 78 valence electrons. The summed E-state index contributed by atoms with van der Waals surface area (Å²) in [5.74, 6) is 0. The summed E-state index contributed by atoms with van der Waals surface area (Å²) in [7, 11) is 0. The van der Waals surface area contributed by atoms with Gasteiger partial charge in [0.15, 0.2) is 0 Å². The number of aliphatic hydroxyl groups excluding tert-OH is 1. The first-order valence-electron chi connectivity index (χ1n) is 5.03. The fraction of sp³-hybridized carbons (Fsp3) is 0.417. The molecule has 1 fully saturated rings. The Morgan fingerprint density at radius 2 is 2.20 bits per heavy atom. The van der Waals surface area contributed by atoms with E-state index in [1.54, 1.807) is 6.07 Å². The molecule has 0 spiro atoms. The molecule has 1 aromatic carbocycles. The van der Waals surface area contributed by atoms with Crippen molar-refractivity contribution in [3.05, 3.63) is 33.8 Å². The van der Waals surface area contributed by atoms with Crippen LogP contribution in [0.3, 0.4) is 0 Å². The fourth-order valence-electron chi connectivity index (χ4n) is 2.12. The Morgan fingerprint density at radius 1 is 1.47 bits per heavy atom. The highest BCUT2D eigenvalue weighted by Crippen LogP contribution is 2.46. The maximum absolute atomic E-state index is 9.47. The van der Waals surface area contributed by atoms with Gasteiger partial charge in [0.05, 0.1) is 18.2 Å². The summed E-state index contributed by atoms with van der Waals surface area (Å²) in [6.07, 6.45) is 3.18. The van der Waals surface area contributed by atoms with Crippen LogP contribution >= 0.6 is 15.9 Å². The van der Waals surface area contributed by atoms with Gasteiger partial charge >= 0.3 is 0 Å². The number of hydrogen-bond donors (Lipinski definition) is 1. The number of nitriles is 1. The molecule has 0 radical (unpaired) electrons. The van der Waals surface area contributed by atoms with E-state index in [-0.39, 0.29) is 12.0 Å².